The number of ether oxygens (including phenoxy) is 1. The Labute approximate surface area is 156 Å². The van der Waals surface area contributed by atoms with Crippen molar-refractivity contribution in [2.24, 2.45) is 5.92 Å². The molecule has 1 atom stereocenters. The monoisotopic (exact) mass is 348 g/mol. The third-order valence-corrected chi connectivity index (χ3v) is 6.29. The van der Waals surface area contributed by atoms with Crippen molar-refractivity contribution < 1.29 is 9.53 Å². The van der Waals surface area contributed by atoms with Crippen molar-refractivity contribution in [3.8, 4) is 11.1 Å². The lowest BCUT2D eigenvalue weighted by Crippen LogP contribution is -2.36. The quantitative estimate of drug-likeness (QED) is 0.540. The van der Waals surface area contributed by atoms with E-state index in [1.165, 1.54) is 34.2 Å². The Balaban J connectivity index is 1.69. The van der Waals surface area contributed by atoms with Gasteiger partial charge in [-0.1, -0.05) is 62.7 Å². The van der Waals surface area contributed by atoms with Crippen LogP contribution < -0.4 is 0 Å². The third-order valence-electron chi connectivity index (χ3n) is 6.29. The van der Waals surface area contributed by atoms with E-state index in [2.05, 4.69) is 42.5 Å². The molecule has 136 valence electrons. The third kappa shape index (κ3) is 2.96. The van der Waals surface area contributed by atoms with Crippen molar-refractivity contribution in [3.63, 3.8) is 0 Å². The van der Waals surface area contributed by atoms with E-state index in [1.54, 1.807) is 0 Å². The molecule has 1 unspecified atom stereocenters. The minimum absolute atomic E-state index is 0.0347. The fourth-order valence-corrected chi connectivity index (χ4v) is 4.46. The molecule has 1 saturated carbocycles. The maximum atomic E-state index is 12.6. The van der Waals surface area contributed by atoms with Gasteiger partial charge in [0.15, 0.2) is 0 Å². The molecule has 2 aromatic rings. The SMILES string of the molecule is CCC(C)C(=O)OC1(c2ccc3c(c2)Cc2ccccc2-3)CCCCC1. The molecule has 2 heteroatoms. The largest absolute Gasteiger partial charge is 0.454 e. The van der Waals surface area contributed by atoms with Crippen LogP contribution in [0.25, 0.3) is 11.1 Å². The summed E-state index contributed by atoms with van der Waals surface area (Å²) < 4.78 is 6.22. The van der Waals surface area contributed by atoms with Gasteiger partial charge in [0.2, 0.25) is 0 Å². The van der Waals surface area contributed by atoms with Crippen LogP contribution in [0.4, 0.5) is 0 Å². The van der Waals surface area contributed by atoms with Crippen molar-refractivity contribution in [1.29, 1.82) is 0 Å². The van der Waals surface area contributed by atoms with E-state index < -0.39 is 5.60 Å². The predicted octanol–water partition coefficient (Wildman–Crippen LogP) is 6.01. The van der Waals surface area contributed by atoms with Gasteiger partial charge in [-0.05, 0) is 66.3 Å². The Hall–Kier alpha value is -2.09. The molecular weight excluding hydrogens is 320 g/mol. The van der Waals surface area contributed by atoms with Gasteiger partial charge in [0.05, 0.1) is 5.92 Å². The van der Waals surface area contributed by atoms with E-state index in [1.807, 2.05) is 13.8 Å². The van der Waals surface area contributed by atoms with Crippen LogP contribution in [-0.4, -0.2) is 5.97 Å². The Bertz CT molecular complexity index is 815. The molecule has 4 rings (SSSR count). The van der Waals surface area contributed by atoms with Crippen molar-refractivity contribution in [2.75, 3.05) is 0 Å². The Morgan fingerprint density at radius 2 is 1.77 bits per heavy atom. The van der Waals surface area contributed by atoms with Crippen LogP contribution in [0.3, 0.4) is 0 Å². The number of rotatable bonds is 4. The summed E-state index contributed by atoms with van der Waals surface area (Å²) in [4.78, 5) is 12.6. The van der Waals surface area contributed by atoms with Gasteiger partial charge in [0.25, 0.3) is 0 Å². The number of esters is 1. The van der Waals surface area contributed by atoms with Crippen molar-refractivity contribution in [1.82, 2.24) is 0 Å². The van der Waals surface area contributed by atoms with Gasteiger partial charge < -0.3 is 4.74 Å². The molecule has 2 aromatic carbocycles. The zero-order valence-corrected chi connectivity index (χ0v) is 15.9. The maximum absolute atomic E-state index is 12.6. The Morgan fingerprint density at radius 1 is 1.04 bits per heavy atom. The molecule has 0 amide bonds. The average molecular weight is 348 g/mol. The number of carbonyl (C=O) groups is 1. The first-order chi connectivity index (χ1) is 12.6. The number of fused-ring (bicyclic) bond motifs is 3. The van der Waals surface area contributed by atoms with Gasteiger partial charge in [-0.15, -0.1) is 0 Å². The van der Waals surface area contributed by atoms with E-state index in [9.17, 15) is 4.79 Å². The highest BCUT2D eigenvalue weighted by atomic mass is 16.6. The van der Waals surface area contributed by atoms with Crippen molar-refractivity contribution >= 4 is 5.97 Å². The smallest absolute Gasteiger partial charge is 0.309 e. The standard InChI is InChI=1S/C24H28O2/c1-3-17(2)23(25)26-24(13-7-4-8-14-24)20-11-12-22-19(16-20)15-18-9-5-6-10-21(18)22/h5-6,9-12,16-17H,3-4,7-8,13-15H2,1-2H3. The fraction of sp³-hybridized carbons (Fsp3) is 0.458. The van der Waals surface area contributed by atoms with E-state index in [0.717, 1.165) is 38.5 Å². The van der Waals surface area contributed by atoms with Crippen LogP contribution in [0.1, 0.15) is 69.1 Å². The molecule has 0 radical (unpaired) electrons. The van der Waals surface area contributed by atoms with E-state index in [-0.39, 0.29) is 11.9 Å². The minimum Gasteiger partial charge on any atom is -0.454 e. The van der Waals surface area contributed by atoms with Gasteiger partial charge in [0, 0.05) is 0 Å². The summed E-state index contributed by atoms with van der Waals surface area (Å²) in [6, 6.07) is 15.4. The molecule has 26 heavy (non-hydrogen) atoms. The number of hydrogen-bond acceptors (Lipinski definition) is 2. The van der Waals surface area contributed by atoms with Gasteiger partial charge in [-0.2, -0.15) is 0 Å². The lowest BCUT2D eigenvalue weighted by atomic mass is 9.78. The summed E-state index contributed by atoms with van der Waals surface area (Å²) in [5.74, 6) is -0.0781. The number of hydrogen-bond donors (Lipinski definition) is 0. The zero-order valence-electron chi connectivity index (χ0n) is 15.9. The maximum Gasteiger partial charge on any atom is 0.309 e. The number of benzene rings is 2. The van der Waals surface area contributed by atoms with Crippen LogP contribution in [0, 0.1) is 5.92 Å². The average Bonchev–Trinajstić information content (AvgIpc) is 3.05. The molecule has 0 heterocycles. The van der Waals surface area contributed by atoms with Crippen molar-refractivity contribution in [2.45, 2.75) is 64.4 Å². The highest BCUT2D eigenvalue weighted by Crippen LogP contribution is 2.44. The van der Waals surface area contributed by atoms with Gasteiger partial charge >= 0.3 is 5.97 Å². The first-order valence-corrected chi connectivity index (χ1v) is 10.1. The first kappa shape index (κ1) is 17.3. The molecule has 0 aromatic heterocycles. The highest BCUT2D eigenvalue weighted by Gasteiger charge is 2.39. The van der Waals surface area contributed by atoms with E-state index >= 15 is 0 Å². The van der Waals surface area contributed by atoms with Crippen LogP contribution in [-0.2, 0) is 21.6 Å². The molecule has 0 saturated heterocycles. The second-order valence-corrected chi connectivity index (χ2v) is 7.99. The summed E-state index contributed by atoms with van der Waals surface area (Å²) >= 11 is 0. The Kier molecular flexibility index (Phi) is 4.60. The van der Waals surface area contributed by atoms with Crippen LogP contribution in [0.5, 0.6) is 0 Å². The van der Waals surface area contributed by atoms with Crippen LogP contribution >= 0.6 is 0 Å². The second kappa shape index (κ2) is 6.90. The van der Waals surface area contributed by atoms with E-state index in [0.29, 0.717) is 0 Å². The first-order valence-electron chi connectivity index (χ1n) is 10.1. The minimum atomic E-state index is -0.428. The second-order valence-electron chi connectivity index (χ2n) is 7.99. The van der Waals surface area contributed by atoms with Gasteiger partial charge in [-0.3, -0.25) is 4.79 Å². The topological polar surface area (TPSA) is 26.3 Å². The van der Waals surface area contributed by atoms with Crippen molar-refractivity contribution in [3.05, 3.63) is 59.2 Å². The highest BCUT2D eigenvalue weighted by molar-refractivity contribution is 5.77. The van der Waals surface area contributed by atoms with Crippen LogP contribution in [0.2, 0.25) is 0 Å². The van der Waals surface area contributed by atoms with E-state index in [4.69, 9.17) is 4.74 Å². The molecule has 2 aliphatic rings. The lowest BCUT2D eigenvalue weighted by Gasteiger charge is -2.38. The predicted molar refractivity (Wildman–Crippen MR) is 105 cm³/mol. The van der Waals surface area contributed by atoms with Gasteiger partial charge in [0.1, 0.15) is 5.60 Å². The molecule has 2 aliphatic carbocycles. The summed E-state index contributed by atoms with van der Waals surface area (Å²) in [5.41, 5.74) is 6.22. The summed E-state index contributed by atoms with van der Waals surface area (Å²) in [6.07, 6.45) is 7.19. The summed E-state index contributed by atoms with van der Waals surface area (Å²) in [7, 11) is 0. The molecule has 0 spiro atoms. The molecule has 0 bridgehead atoms. The Morgan fingerprint density at radius 3 is 2.54 bits per heavy atom. The van der Waals surface area contributed by atoms with Crippen LogP contribution in [0.15, 0.2) is 42.5 Å². The van der Waals surface area contributed by atoms with Gasteiger partial charge in [-0.25, -0.2) is 0 Å². The lowest BCUT2D eigenvalue weighted by molar-refractivity contribution is -0.169. The summed E-state index contributed by atoms with van der Waals surface area (Å²) in [6.45, 7) is 4.02. The molecule has 0 aliphatic heterocycles. The molecular formula is C24H28O2. The zero-order chi connectivity index (χ0) is 18.1. The summed E-state index contributed by atoms with van der Waals surface area (Å²) in [5, 5.41) is 0. The number of carbonyl (C=O) groups excluding carboxylic acids is 1. The fourth-order valence-electron chi connectivity index (χ4n) is 4.46. The normalized spacial score (nSPS) is 18.7. The molecule has 2 nitrogen and oxygen atoms in total. The molecule has 0 N–H and O–H groups in total. The molecule has 1 fully saturated rings.